The van der Waals surface area contributed by atoms with Crippen LogP contribution in [0, 0.1) is 6.92 Å². The summed E-state index contributed by atoms with van der Waals surface area (Å²) in [5.41, 5.74) is 1.84. The van der Waals surface area contributed by atoms with E-state index in [-0.39, 0.29) is 5.97 Å². The van der Waals surface area contributed by atoms with Crippen molar-refractivity contribution in [1.82, 2.24) is 14.7 Å². The summed E-state index contributed by atoms with van der Waals surface area (Å²) in [6.45, 7) is 3.43. The van der Waals surface area contributed by atoms with Crippen molar-refractivity contribution < 1.29 is 9.53 Å². The maximum absolute atomic E-state index is 11.0. The molecule has 0 aromatic carbocycles. The SMILES string of the molecule is COC(=O)CCCN(C)Cc1c(Cl)c(C)nn1C. The molecule has 102 valence electrons. The standard InChI is InChI=1S/C12H20ClN3O2/c1-9-12(13)10(16(3)14-9)8-15(2)7-5-6-11(17)18-4/h5-8H2,1-4H3. The summed E-state index contributed by atoms with van der Waals surface area (Å²) in [6.07, 6.45) is 1.22. The number of ether oxygens (including phenoxy) is 1. The van der Waals surface area contributed by atoms with Gasteiger partial charge in [0.15, 0.2) is 0 Å². The van der Waals surface area contributed by atoms with Crippen LogP contribution in [0.15, 0.2) is 0 Å². The first kappa shape index (κ1) is 15.0. The van der Waals surface area contributed by atoms with Crippen molar-refractivity contribution in [3.8, 4) is 0 Å². The smallest absolute Gasteiger partial charge is 0.305 e. The largest absolute Gasteiger partial charge is 0.469 e. The predicted molar refractivity (Wildman–Crippen MR) is 70.5 cm³/mol. The molecule has 1 rings (SSSR count). The highest BCUT2D eigenvalue weighted by Crippen LogP contribution is 2.20. The third-order valence-electron chi connectivity index (χ3n) is 2.83. The fraction of sp³-hybridized carbons (Fsp3) is 0.667. The number of aromatic nitrogens is 2. The Morgan fingerprint density at radius 2 is 2.22 bits per heavy atom. The van der Waals surface area contributed by atoms with E-state index in [4.69, 9.17) is 11.6 Å². The second-order valence-corrected chi connectivity index (χ2v) is 4.77. The number of carbonyl (C=O) groups excluding carboxylic acids is 1. The van der Waals surface area contributed by atoms with Crippen LogP contribution >= 0.6 is 11.6 Å². The molecule has 0 unspecified atom stereocenters. The number of rotatable bonds is 6. The zero-order valence-electron chi connectivity index (χ0n) is 11.4. The van der Waals surface area contributed by atoms with Gasteiger partial charge in [0.2, 0.25) is 0 Å². The average Bonchev–Trinajstić information content (AvgIpc) is 2.56. The van der Waals surface area contributed by atoms with Crippen molar-refractivity contribution in [2.24, 2.45) is 7.05 Å². The van der Waals surface area contributed by atoms with Crippen molar-refractivity contribution >= 4 is 17.6 Å². The number of aryl methyl sites for hydroxylation is 2. The molecule has 0 saturated heterocycles. The van der Waals surface area contributed by atoms with E-state index in [1.165, 1.54) is 7.11 Å². The van der Waals surface area contributed by atoms with E-state index < -0.39 is 0 Å². The van der Waals surface area contributed by atoms with E-state index in [1.54, 1.807) is 4.68 Å². The molecule has 0 saturated carbocycles. The van der Waals surface area contributed by atoms with Crippen LogP contribution in [0.25, 0.3) is 0 Å². The quantitative estimate of drug-likeness (QED) is 0.741. The molecule has 6 heteroatoms. The van der Waals surface area contributed by atoms with E-state index in [0.717, 1.165) is 35.9 Å². The molecule has 0 aliphatic rings. The maximum Gasteiger partial charge on any atom is 0.305 e. The number of nitrogens with zero attached hydrogens (tertiary/aromatic N) is 3. The van der Waals surface area contributed by atoms with Gasteiger partial charge in [-0.15, -0.1) is 0 Å². The molecular weight excluding hydrogens is 254 g/mol. The molecule has 0 spiro atoms. The van der Waals surface area contributed by atoms with Gasteiger partial charge in [-0.3, -0.25) is 9.48 Å². The van der Waals surface area contributed by atoms with Crippen molar-refractivity contribution in [2.75, 3.05) is 20.7 Å². The average molecular weight is 274 g/mol. The minimum atomic E-state index is -0.169. The highest BCUT2D eigenvalue weighted by molar-refractivity contribution is 6.31. The Morgan fingerprint density at radius 3 is 2.72 bits per heavy atom. The van der Waals surface area contributed by atoms with Crippen LogP contribution in [-0.2, 0) is 23.1 Å². The number of hydrogen-bond donors (Lipinski definition) is 0. The molecular formula is C12H20ClN3O2. The molecule has 18 heavy (non-hydrogen) atoms. The lowest BCUT2D eigenvalue weighted by Crippen LogP contribution is -2.21. The van der Waals surface area contributed by atoms with E-state index >= 15 is 0 Å². The molecule has 0 bridgehead atoms. The first-order chi connectivity index (χ1) is 8.45. The van der Waals surface area contributed by atoms with Crippen LogP contribution in [-0.4, -0.2) is 41.4 Å². The van der Waals surface area contributed by atoms with E-state index in [2.05, 4.69) is 14.7 Å². The van der Waals surface area contributed by atoms with Gasteiger partial charge in [-0.05, 0) is 26.9 Å². The lowest BCUT2D eigenvalue weighted by atomic mass is 10.3. The Hall–Kier alpha value is -1.07. The van der Waals surface area contributed by atoms with Gasteiger partial charge < -0.3 is 9.64 Å². The molecule has 1 aromatic heterocycles. The minimum absolute atomic E-state index is 0.169. The van der Waals surface area contributed by atoms with Crippen molar-refractivity contribution in [2.45, 2.75) is 26.3 Å². The zero-order chi connectivity index (χ0) is 13.7. The van der Waals surface area contributed by atoms with Gasteiger partial charge in [0, 0.05) is 20.0 Å². The topological polar surface area (TPSA) is 47.4 Å². The van der Waals surface area contributed by atoms with E-state index in [1.807, 2.05) is 21.0 Å². The zero-order valence-corrected chi connectivity index (χ0v) is 12.1. The molecule has 0 aliphatic heterocycles. The lowest BCUT2D eigenvalue weighted by Gasteiger charge is -2.16. The summed E-state index contributed by atoms with van der Waals surface area (Å²) in [4.78, 5) is 13.1. The monoisotopic (exact) mass is 273 g/mol. The third-order valence-corrected chi connectivity index (χ3v) is 3.32. The molecule has 0 radical (unpaired) electrons. The van der Waals surface area contributed by atoms with Gasteiger partial charge in [-0.25, -0.2) is 0 Å². The highest BCUT2D eigenvalue weighted by atomic mass is 35.5. The van der Waals surface area contributed by atoms with Gasteiger partial charge in [-0.1, -0.05) is 11.6 Å². The predicted octanol–water partition coefficient (Wildman–Crippen LogP) is 1.77. The second-order valence-electron chi connectivity index (χ2n) is 4.39. The Balaban J connectivity index is 2.44. The molecule has 0 atom stereocenters. The molecule has 0 aliphatic carbocycles. The fourth-order valence-corrected chi connectivity index (χ4v) is 2.00. The van der Waals surface area contributed by atoms with Crippen LogP contribution in [0.2, 0.25) is 5.02 Å². The van der Waals surface area contributed by atoms with Gasteiger partial charge in [-0.2, -0.15) is 5.10 Å². The molecule has 5 nitrogen and oxygen atoms in total. The van der Waals surface area contributed by atoms with Crippen LogP contribution in [0.1, 0.15) is 24.2 Å². The fourth-order valence-electron chi connectivity index (χ4n) is 1.78. The van der Waals surface area contributed by atoms with Crippen molar-refractivity contribution in [3.05, 3.63) is 16.4 Å². The number of carbonyl (C=O) groups is 1. The summed E-state index contributed by atoms with van der Waals surface area (Å²) < 4.78 is 6.40. The van der Waals surface area contributed by atoms with E-state index in [0.29, 0.717) is 6.42 Å². The summed E-state index contributed by atoms with van der Waals surface area (Å²) in [6, 6.07) is 0. The van der Waals surface area contributed by atoms with E-state index in [9.17, 15) is 4.79 Å². The maximum atomic E-state index is 11.0. The number of esters is 1. The summed E-state index contributed by atoms with van der Waals surface area (Å²) in [7, 11) is 5.29. The molecule has 0 N–H and O–H groups in total. The summed E-state index contributed by atoms with van der Waals surface area (Å²) >= 11 is 6.18. The molecule has 0 fully saturated rings. The van der Waals surface area contributed by atoms with Crippen molar-refractivity contribution in [3.63, 3.8) is 0 Å². The van der Waals surface area contributed by atoms with Gasteiger partial charge >= 0.3 is 5.97 Å². The van der Waals surface area contributed by atoms with Gasteiger partial charge in [0.05, 0.1) is 23.5 Å². The first-order valence-electron chi connectivity index (χ1n) is 5.89. The molecule has 1 heterocycles. The molecule has 0 amide bonds. The summed E-state index contributed by atoms with van der Waals surface area (Å²) in [5.74, 6) is -0.169. The van der Waals surface area contributed by atoms with Crippen LogP contribution in [0.4, 0.5) is 0 Å². The van der Waals surface area contributed by atoms with Crippen LogP contribution in [0.3, 0.4) is 0 Å². The Labute approximate surface area is 113 Å². The first-order valence-corrected chi connectivity index (χ1v) is 6.26. The Bertz CT molecular complexity index is 418. The highest BCUT2D eigenvalue weighted by Gasteiger charge is 2.13. The second kappa shape index (κ2) is 6.75. The number of methoxy groups -OCH3 is 1. The van der Waals surface area contributed by atoms with Crippen LogP contribution in [0.5, 0.6) is 0 Å². The number of halogens is 1. The Kier molecular flexibility index (Phi) is 5.62. The summed E-state index contributed by atoms with van der Waals surface area (Å²) in [5, 5.41) is 4.99. The van der Waals surface area contributed by atoms with Crippen molar-refractivity contribution in [1.29, 1.82) is 0 Å². The third kappa shape index (κ3) is 3.99. The van der Waals surface area contributed by atoms with Gasteiger partial charge in [0.1, 0.15) is 0 Å². The Morgan fingerprint density at radius 1 is 1.56 bits per heavy atom. The normalized spacial score (nSPS) is 11.0. The minimum Gasteiger partial charge on any atom is -0.469 e. The lowest BCUT2D eigenvalue weighted by molar-refractivity contribution is -0.140. The molecule has 1 aromatic rings. The van der Waals surface area contributed by atoms with Gasteiger partial charge in [0.25, 0.3) is 0 Å². The number of hydrogen-bond acceptors (Lipinski definition) is 4. The van der Waals surface area contributed by atoms with Crippen LogP contribution < -0.4 is 0 Å².